The van der Waals surface area contributed by atoms with Gasteiger partial charge in [-0.15, -0.1) is 0 Å². The Morgan fingerprint density at radius 1 is 1.09 bits per heavy atom. The van der Waals surface area contributed by atoms with Gasteiger partial charge in [0.2, 0.25) is 0 Å². The van der Waals surface area contributed by atoms with Gasteiger partial charge in [0.15, 0.2) is 0 Å². The molecule has 0 aliphatic carbocycles. The third-order valence-electron chi connectivity index (χ3n) is 8.50. The highest BCUT2D eigenvalue weighted by atomic mass is 35.5. The maximum atomic E-state index is 16.1. The molecule has 0 bridgehead atoms. The smallest absolute Gasteiger partial charge is 0.352 e. The minimum atomic E-state index is -1.06. The average Bonchev–Trinajstić information content (AvgIpc) is 3.47. The molecule has 9 heteroatoms. The second kappa shape index (κ2) is 12.1. The second-order valence-corrected chi connectivity index (χ2v) is 11.7. The van der Waals surface area contributed by atoms with E-state index >= 15 is 4.39 Å². The van der Waals surface area contributed by atoms with Crippen molar-refractivity contribution in [3.8, 4) is 16.9 Å². The van der Waals surface area contributed by atoms with Crippen LogP contribution in [0, 0.1) is 19.7 Å². The Morgan fingerprint density at radius 3 is 2.52 bits per heavy atom. The fourth-order valence-electron chi connectivity index (χ4n) is 6.42. The number of ether oxygens (including phenoxy) is 2. The highest BCUT2D eigenvalue weighted by molar-refractivity contribution is 6.32. The van der Waals surface area contributed by atoms with Crippen molar-refractivity contribution in [1.82, 2.24) is 14.3 Å². The van der Waals surface area contributed by atoms with Crippen molar-refractivity contribution in [3.63, 3.8) is 0 Å². The molecule has 2 aromatic heterocycles. The Balaban J connectivity index is 1.52. The Bertz CT molecular complexity index is 1890. The van der Waals surface area contributed by atoms with Gasteiger partial charge in [0, 0.05) is 35.1 Å². The molecule has 228 valence electrons. The number of halogens is 2. The van der Waals surface area contributed by atoms with Crippen LogP contribution >= 0.6 is 11.6 Å². The maximum absolute atomic E-state index is 16.1. The first-order chi connectivity index (χ1) is 21.2. The summed E-state index contributed by atoms with van der Waals surface area (Å²) in [5.74, 6) is -0.759. The third-order valence-corrected chi connectivity index (χ3v) is 9.09. The standard InChI is InChI=1S/C35H35ClFN3O4/c1-5-28-31-29(39(4)38-28)19-43-18-23-10-7-6-9-22(23)17-40-33-26(12-13-27(37)30(31)33)25(34(40)35(41)42)11-8-14-44-24-15-20(2)32(36)21(3)16-24/h6-7,9-10,12-13,15-16H,5,8,11,14,17-19H2,1-4H3,(H,41,42). The molecule has 7 nitrogen and oxygen atoms in total. The van der Waals surface area contributed by atoms with E-state index in [1.54, 1.807) is 15.3 Å². The van der Waals surface area contributed by atoms with E-state index in [2.05, 4.69) is 0 Å². The van der Waals surface area contributed by atoms with Crippen molar-refractivity contribution in [2.75, 3.05) is 6.61 Å². The zero-order valence-corrected chi connectivity index (χ0v) is 26.1. The number of benzene rings is 3. The molecule has 3 aromatic carbocycles. The van der Waals surface area contributed by atoms with E-state index in [-0.39, 0.29) is 18.8 Å². The summed E-state index contributed by atoms with van der Waals surface area (Å²) in [6.45, 7) is 7.07. The van der Waals surface area contributed by atoms with Crippen LogP contribution in [0.1, 0.15) is 63.0 Å². The highest BCUT2D eigenvalue weighted by Gasteiger charge is 2.30. The number of carbonyl (C=O) groups is 1. The lowest BCUT2D eigenvalue weighted by Crippen LogP contribution is -2.13. The van der Waals surface area contributed by atoms with Crippen LogP contribution in [0.25, 0.3) is 22.0 Å². The first-order valence-corrected chi connectivity index (χ1v) is 15.2. The van der Waals surface area contributed by atoms with Gasteiger partial charge in [0.1, 0.15) is 17.3 Å². The summed E-state index contributed by atoms with van der Waals surface area (Å²) in [4.78, 5) is 13.1. The summed E-state index contributed by atoms with van der Waals surface area (Å²) in [5, 5.41) is 16.8. The van der Waals surface area contributed by atoms with E-state index in [4.69, 9.17) is 26.2 Å². The molecule has 5 aromatic rings. The average molecular weight is 616 g/mol. The Hall–Kier alpha value is -4.14. The van der Waals surface area contributed by atoms with Crippen LogP contribution in [-0.2, 0) is 44.4 Å². The van der Waals surface area contributed by atoms with Gasteiger partial charge >= 0.3 is 5.97 Å². The van der Waals surface area contributed by atoms with Crippen molar-refractivity contribution >= 4 is 28.5 Å². The minimum Gasteiger partial charge on any atom is -0.494 e. The van der Waals surface area contributed by atoms with Crippen molar-refractivity contribution < 1.29 is 23.8 Å². The normalized spacial score (nSPS) is 13.0. The zero-order chi connectivity index (χ0) is 31.1. The predicted molar refractivity (Wildman–Crippen MR) is 169 cm³/mol. The van der Waals surface area contributed by atoms with Crippen molar-refractivity contribution in [1.29, 1.82) is 0 Å². The summed E-state index contributed by atoms with van der Waals surface area (Å²) in [6, 6.07) is 14.8. The molecule has 6 rings (SSSR count). The van der Waals surface area contributed by atoms with E-state index in [9.17, 15) is 9.90 Å². The lowest BCUT2D eigenvalue weighted by molar-refractivity contribution is 0.0684. The molecule has 0 unspecified atom stereocenters. The van der Waals surface area contributed by atoms with Crippen molar-refractivity contribution in [3.05, 3.63) is 104 Å². The van der Waals surface area contributed by atoms with Gasteiger partial charge in [-0.05, 0) is 85.2 Å². The fourth-order valence-corrected chi connectivity index (χ4v) is 6.53. The highest BCUT2D eigenvalue weighted by Crippen LogP contribution is 2.41. The Labute approximate surface area is 260 Å². The van der Waals surface area contributed by atoms with E-state index in [1.165, 1.54) is 6.07 Å². The topological polar surface area (TPSA) is 78.5 Å². The fraction of sp³-hybridized carbons (Fsp3) is 0.314. The molecule has 0 fully saturated rings. The summed E-state index contributed by atoms with van der Waals surface area (Å²) >= 11 is 6.32. The number of hydrogen-bond acceptors (Lipinski definition) is 4. The van der Waals surface area contributed by atoms with E-state index < -0.39 is 11.8 Å². The van der Waals surface area contributed by atoms with Gasteiger partial charge in [-0.1, -0.05) is 42.8 Å². The van der Waals surface area contributed by atoms with Crippen LogP contribution in [0.5, 0.6) is 5.75 Å². The van der Waals surface area contributed by atoms with Crippen LogP contribution in [0.4, 0.5) is 4.39 Å². The molecule has 1 aliphatic heterocycles. The molecule has 0 amide bonds. The van der Waals surface area contributed by atoms with Gasteiger partial charge in [0.25, 0.3) is 0 Å². The molecular formula is C35H35ClFN3O4. The molecule has 0 spiro atoms. The predicted octanol–water partition coefficient (Wildman–Crippen LogP) is 7.80. The first kappa shape index (κ1) is 29.9. The number of hydrogen-bond donors (Lipinski definition) is 1. The molecule has 3 heterocycles. The van der Waals surface area contributed by atoms with E-state index in [0.29, 0.717) is 60.1 Å². The summed E-state index contributed by atoms with van der Waals surface area (Å²) in [5.41, 5.74) is 7.65. The lowest BCUT2D eigenvalue weighted by atomic mass is 9.96. The zero-order valence-electron chi connectivity index (χ0n) is 25.3. The lowest BCUT2D eigenvalue weighted by Gasteiger charge is -2.15. The van der Waals surface area contributed by atoms with Gasteiger partial charge < -0.3 is 19.1 Å². The Morgan fingerprint density at radius 2 is 1.82 bits per heavy atom. The van der Waals surface area contributed by atoms with Crippen molar-refractivity contribution in [2.24, 2.45) is 7.05 Å². The van der Waals surface area contributed by atoms with E-state index in [1.807, 2.05) is 64.2 Å². The van der Waals surface area contributed by atoms with Gasteiger partial charge in [-0.3, -0.25) is 4.68 Å². The number of aromatic nitrogens is 3. The van der Waals surface area contributed by atoms with Gasteiger partial charge in [-0.25, -0.2) is 9.18 Å². The number of fused-ring (bicyclic) bond motifs is 3. The summed E-state index contributed by atoms with van der Waals surface area (Å²) in [6.07, 6.45) is 1.59. The molecule has 44 heavy (non-hydrogen) atoms. The quantitative estimate of drug-likeness (QED) is 0.189. The number of aromatic carboxylic acids is 1. The Kier molecular flexibility index (Phi) is 8.22. The van der Waals surface area contributed by atoms with Crippen LogP contribution < -0.4 is 4.74 Å². The van der Waals surface area contributed by atoms with E-state index in [0.717, 1.165) is 44.4 Å². The molecule has 0 saturated heterocycles. The molecule has 1 N–H and O–H groups in total. The minimum absolute atomic E-state index is 0.156. The molecule has 0 radical (unpaired) electrons. The maximum Gasteiger partial charge on any atom is 0.352 e. The molecule has 0 saturated carbocycles. The van der Waals surface area contributed by atoms with Crippen LogP contribution in [-0.4, -0.2) is 32.0 Å². The second-order valence-electron chi connectivity index (χ2n) is 11.4. The first-order valence-electron chi connectivity index (χ1n) is 14.9. The summed E-state index contributed by atoms with van der Waals surface area (Å²) in [7, 11) is 1.84. The number of carboxylic acids is 1. The molecule has 0 atom stereocenters. The largest absolute Gasteiger partial charge is 0.494 e. The molecule has 1 aliphatic rings. The number of aryl methyl sites for hydroxylation is 5. The number of carboxylic acid groups (broad SMARTS) is 1. The van der Waals surface area contributed by atoms with Crippen LogP contribution in [0.15, 0.2) is 48.5 Å². The van der Waals surface area contributed by atoms with Crippen LogP contribution in [0.3, 0.4) is 0 Å². The third kappa shape index (κ3) is 5.26. The van der Waals surface area contributed by atoms with Gasteiger partial charge in [0.05, 0.1) is 36.7 Å². The van der Waals surface area contributed by atoms with Crippen LogP contribution in [0.2, 0.25) is 5.02 Å². The number of nitrogens with zero attached hydrogens (tertiary/aromatic N) is 3. The molecular weight excluding hydrogens is 581 g/mol. The monoisotopic (exact) mass is 615 g/mol. The summed E-state index contributed by atoms with van der Waals surface area (Å²) < 4.78 is 31.9. The number of rotatable bonds is 7. The van der Waals surface area contributed by atoms with Crippen molar-refractivity contribution in [2.45, 2.75) is 59.8 Å². The van der Waals surface area contributed by atoms with Gasteiger partial charge in [-0.2, -0.15) is 5.10 Å². The SMILES string of the molecule is CCc1nn(C)c2c1-c1c(F)ccc3c(CCCOc4cc(C)c(Cl)c(C)c4)c(C(=O)O)n(c13)Cc1ccccc1COC2.